The van der Waals surface area contributed by atoms with Crippen LogP contribution in [0.15, 0.2) is 59.5 Å². The highest BCUT2D eigenvalue weighted by Crippen LogP contribution is 2.48. The number of hydrogen-bond donors (Lipinski definition) is 1. The molecule has 0 aliphatic heterocycles. The highest BCUT2D eigenvalue weighted by molar-refractivity contribution is 5.91. The van der Waals surface area contributed by atoms with E-state index in [9.17, 15) is 9.59 Å². The lowest BCUT2D eigenvalue weighted by molar-refractivity contribution is -0.124. The number of nitrogens with one attached hydrogen (secondary N) is 1. The minimum atomic E-state index is -0.471. The Morgan fingerprint density at radius 1 is 1.21 bits per heavy atom. The zero-order valence-corrected chi connectivity index (χ0v) is 16.7. The summed E-state index contributed by atoms with van der Waals surface area (Å²) >= 11 is 0. The van der Waals surface area contributed by atoms with Crippen molar-refractivity contribution >= 4 is 16.7 Å². The fraction of sp³-hybridized carbons (Fsp3) is 0.348. The lowest BCUT2D eigenvalue weighted by Gasteiger charge is -2.22. The van der Waals surface area contributed by atoms with E-state index in [2.05, 4.69) is 10.4 Å². The summed E-state index contributed by atoms with van der Waals surface area (Å²) in [5.74, 6) is 0.793. The predicted molar refractivity (Wildman–Crippen MR) is 112 cm³/mol. The molecule has 1 saturated carbocycles. The van der Waals surface area contributed by atoms with Crippen LogP contribution < -0.4 is 15.6 Å². The molecule has 1 aliphatic carbocycles. The second kappa shape index (κ2) is 7.70. The standard InChI is InChI=1S/C23H25N3O3/c1-3-18(15-26-21(27)20-7-5-4-6-16(20)14-24-26)25-22(28)23(12-13-23)17-8-10-19(29-2)11-9-17/h4-11,14,18H,3,12-13,15H2,1-2H3,(H,25,28)/t18-/m0/s1. The van der Waals surface area contributed by atoms with E-state index < -0.39 is 5.41 Å². The molecule has 1 aromatic heterocycles. The molecule has 0 radical (unpaired) electrons. The number of rotatable bonds is 7. The number of aromatic nitrogens is 2. The Balaban J connectivity index is 1.51. The van der Waals surface area contributed by atoms with Crippen molar-refractivity contribution in [2.75, 3.05) is 7.11 Å². The molecule has 6 heteroatoms. The Bertz CT molecular complexity index is 1080. The van der Waals surface area contributed by atoms with Crippen LogP contribution in [-0.4, -0.2) is 28.8 Å². The highest BCUT2D eigenvalue weighted by atomic mass is 16.5. The minimum absolute atomic E-state index is 0.0170. The number of ether oxygens (including phenoxy) is 1. The molecule has 2 aromatic carbocycles. The zero-order chi connectivity index (χ0) is 20.4. The van der Waals surface area contributed by atoms with Crippen LogP contribution in [0.5, 0.6) is 5.75 Å². The van der Waals surface area contributed by atoms with Gasteiger partial charge in [0.2, 0.25) is 5.91 Å². The van der Waals surface area contributed by atoms with E-state index in [0.29, 0.717) is 18.4 Å². The monoisotopic (exact) mass is 391 g/mol. The molecule has 4 rings (SSSR count). The normalized spacial score (nSPS) is 15.7. The molecule has 150 valence electrons. The van der Waals surface area contributed by atoms with Gasteiger partial charge in [0.25, 0.3) is 5.56 Å². The molecule has 1 atom stereocenters. The molecular weight excluding hydrogens is 366 g/mol. The highest BCUT2D eigenvalue weighted by Gasteiger charge is 2.51. The summed E-state index contributed by atoms with van der Waals surface area (Å²) in [6.45, 7) is 2.36. The summed E-state index contributed by atoms with van der Waals surface area (Å²) in [6.07, 6.45) is 4.07. The maximum atomic E-state index is 13.1. The summed E-state index contributed by atoms with van der Waals surface area (Å²) < 4.78 is 6.66. The first-order chi connectivity index (χ1) is 14.1. The van der Waals surface area contributed by atoms with Crippen LogP contribution in [0.1, 0.15) is 31.7 Å². The number of methoxy groups -OCH3 is 1. The Labute approximate surface area is 169 Å². The van der Waals surface area contributed by atoms with Crippen molar-refractivity contribution in [3.05, 3.63) is 70.6 Å². The molecular formula is C23H25N3O3. The van der Waals surface area contributed by atoms with E-state index in [0.717, 1.165) is 29.5 Å². The molecule has 1 amide bonds. The van der Waals surface area contributed by atoms with Crippen LogP contribution in [0.2, 0.25) is 0 Å². The van der Waals surface area contributed by atoms with Gasteiger partial charge in [0.1, 0.15) is 5.75 Å². The molecule has 6 nitrogen and oxygen atoms in total. The number of amides is 1. The number of fused-ring (bicyclic) bond motifs is 1. The molecule has 3 aromatic rings. The molecule has 0 unspecified atom stereocenters. The summed E-state index contributed by atoms with van der Waals surface area (Å²) in [5.41, 5.74) is 0.403. The SMILES string of the molecule is CC[C@@H](Cn1ncc2ccccc2c1=O)NC(=O)C1(c2ccc(OC)cc2)CC1. The number of hydrogen-bond acceptors (Lipinski definition) is 4. The van der Waals surface area contributed by atoms with Gasteiger partial charge in [-0.25, -0.2) is 4.68 Å². The number of carbonyl (C=O) groups is 1. The first kappa shape index (κ1) is 19.2. The van der Waals surface area contributed by atoms with Gasteiger partial charge >= 0.3 is 0 Å². The third kappa shape index (κ3) is 3.62. The van der Waals surface area contributed by atoms with E-state index >= 15 is 0 Å². The van der Waals surface area contributed by atoms with Crippen LogP contribution in [0.4, 0.5) is 0 Å². The first-order valence-electron chi connectivity index (χ1n) is 9.98. The lowest BCUT2D eigenvalue weighted by Crippen LogP contribution is -2.44. The third-order valence-corrected chi connectivity index (χ3v) is 5.81. The van der Waals surface area contributed by atoms with Gasteiger partial charge in [-0.1, -0.05) is 37.3 Å². The summed E-state index contributed by atoms with van der Waals surface area (Å²) in [5, 5.41) is 8.91. The molecule has 1 N–H and O–H groups in total. The van der Waals surface area contributed by atoms with Gasteiger partial charge in [-0.15, -0.1) is 0 Å². The lowest BCUT2D eigenvalue weighted by atomic mass is 9.94. The topological polar surface area (TPSA) is 73.2 Å². The maximum Gasteiger partial charge on any atom is 0.274 e. The quantitative estimate of drug-likeness (QED) is 0.672. The Morgan fingerprint density at radius 2 is 1.93 bits per heavy atom. The predicted octanol–water partition coefficient (Wildman–Crippen LogP) is 3.03. The third-order valence-electron chi connectivity index (χ3n) is 5.81. The zero-order valence-electron chi connectivity index (χ0n) is 16.7. The fourth-order valence-corrected chi connectivity index (χ4v) is 3.75. The van der Waals surface area contributed by atoms with Crippen LogP contribution in [0.25, 0.3) is 10.8 Å². The smallest absolute Gasteiger partial charge is 0.274 e. The fourth-order valence-electron chi connectivity index (χ4n) is 3.75. The van der Waals surface area contributed by atoms with Crippen molar-refractivity contribution in [2.24, 2.45) is 0 Å². The van der Waals surface area contributed by atoms with Crippen molar-refractivity contribution in [3.8, 4) is 5.75 Å². The van der Waals surface area contributed by atoms with E-state index in [1.54, 1.807) is 19.4 Å². The van der Waals surface area contributed by atoms with Crippen molar-refractivity contribution in [3.63, 3.8) is 0 Å². The van der Waals surface area contributed by atoms with Crippen molar-refractivity contribution < 1.29 is 9.53 Å². The van der Waals surface area contributed by atoms with Crippen molar-refractivity contribution in [1.82, 2.24) is 15.1 Å². The van der Waals surface area contributed by atoms with Crippen LogP contribution in [0.3, 0.4) is 0 Å². The van der Waals surface area contributed by atoms with Gasteiger partial charge in [-0.2, -0.15) is 5.10 Å². The Kier molecular flexibility index (Phi) is 5.09. The van der Waals surface area contributed by atoms with E-state index in [4.69, 9.17) is 4.74 Å². The maximum absolute atomic E-state index is 13.1. The molecule has 0 spiro atoms. The average Bonchev–Trinajstić information content (AvgIpc) is 3.57. The second-order valence-electron chi connectivity index (χ2n) is 7.61. The van der Waals surface area contributed by atoms with Crippen molar-refractivity contribution in [1.29, 1.82) is 0 Å². The van der Waals surface area contributed by atoms with Crippen LogP contribution >= 0.6 is 0 Å². The summed E-state index contributed by atoms with van der Waals surface area (Å²) in [4.78, 5) is 25.8. The summed E-state index contributed by atoms with van der Waals surface area (Å²) in [6, 6.07) is 14.9. The van der Waals surface area contributed by atoms with Gasteiger partial charge in [0, 0.05) is 11.4 Å². The number of carbonyl (C=O) groups excluding carboxylic acids is 1. The molecule has 1 fully saturated rings. The second-order valence-corrected chi connectivity index (χ2v) is 7.61. The molecule has 1 aliphatic rings. The Hall–Kier alpha value is -3.15. The van der Waals surface area contributed by atoms with E-state index in [1.165, 1.54) is 4.68 Å². The largest absolute Gasteiger partial charge is 0.497 e. The van der Waals surface area contributed by atoms with E-state index in [1.807, 2.05) is 49.4 Å². The van der Waals surface area contributed by atoms with Crippen LogP contribution in [0, 0.1) is 0 Å². The minimum Gasteiger partial charge on any atom is -0.497 e. The first-order valence-corrected chi connectivity index (χ1v) is 9.98. The van der Waals surface area contributed by atoms with E-state index in [-0.39, 0.29) is 17.5 Å². The van der Waals surface area contributed by atoms with Gasteiger partial charge in [0.05, 0.1) is 30.7 Å². The number of benzene rings is 2. The number of nitrogens with zero attached hydrogens (tertiary/aromatic N) is 2. The van der Waals surface area contributed by atoms with Crippen LogP contribution in [-0.2, 0) is 16.8 Å². The Morgan fingerprint density at radius 3 is 2.59 bits per heavy atom. The van der Waals surface area contributed by atoms with Gasteiger partial charge in [-0.3, -0.25) is 9.59 Å². The summed E-state index contributed by atoms with van der Waals surface area (Å²) in [7, 11) is 1.63. The van der Waals surface area contributed by atoms with Crippen molar-refractivity contribution in [2.45, 2.75) is 44.2 Å². The van der Waals surface area contributed by atoms with Gasteiger partial charge < -0.3 is 10.1 Å². The molecule has 1 heterocycles. The molecule has 0 bridgehead atoms. The molecule has 0 saturated heterocycles. The van der Waals surface area contributed by atoms with Gasteiger partial charge in [0.15, 0.2) is 0 Å². The molecule has 29 heavy (non-hydrogen) atoms. The average molecular weight is 391 g/mol. The van der Waals surface area contributed by atoms with Gasteiger partial charge in [-0.05, 0) is 43.0 Å².